The number of nitrogens with zero attached hydrogens (tertiary/aromatic N) is 2. The number of rotatable bonds is 7. The lowest BCUT2D eigenvalue weighted by molar-refractivity contribution is -0.0231. The van der Waals surface area contributed by atoms with Crippen molar-refractivity contribution in [3.05, 3.63) is 29.8 Å². The van der Waals surface area contributed by atoms with Crippen molar-refractivity contribution in [2.24, 2.45) is 5.92 Å². The Hall–Kier alpha value is -0.990. The van der Waals surface area contributed by atoms with Gasteiger partial charge in [-0.05, 0) is 49.4 Å². The third-order valence-electron chi connectivity index (χ3n) is 5.78. The fourth-order valence-electron chi connectivity index (χ4n) is 4.37. The molecule has 0 unspecified atom stereocenters. The molecule has 2 saturated heterocycles. The number of hydrogen-bond acceptors (Lipinski definition) is 6. The number of ether oxygens (including phenoxy) is 1. The van der Waals surface area contributed by atoms with E-state index in [1.165, 1.54) is 6.26 Å². The standard InChI is InChI=1S/C20H32N2O4S/c1-27(24,25)19-6-4-17(5-7-19)15-21-9-8-20(18(16-21)3-2-12-23)22-10-13-26-14-11-22/h4-7,18,20,23H,2-3,8-16H2,1H3/t18-,20+/m1/s1. The summed E-state index contributed by atoms with van der Waals surface area (Å²) in [5.41, 5.74) is 1.15. The van der Waals surface area contributed by atoms with Crippen molar-refractivity contribution >= 4 is 9.84 Å². The molecule has 0 saturated carbocycles. The number of aliphatic hydroxyl groups is 1. The van der Waals surface area contributed by atoms with Gasteiger partial charge >= 0.3 is 0 Å². The van der Waals surface area contributed by atoms with Crippen LogP contribution in [-0.2, 0) is 21.1 Å². The summed E-state index contributed by atoms with van der Waals surface area (Å²) in [7, 11) is -3.14. The zero-order valence-electron chi connectivity index (χ0n) is 16.2. The molecule has 27 heavy (non-hydrogen) atoms. The number of benzene rings is 1. The fourth-order valence-corrected chi connectivity index (χ4v) is 5.00. The Morgan fingerprint density at radius 1 is 1.15 bits per heavy atom. The summed E-state index contributed by atoms with van der Waals surface area (Å²) in [5, 5.41) is 9.29. The van der Waals surface area contributed by atoms with E-state index < -0.39 is 9.84 Å². The summed E-state index contributed by atoms with van der Waals surface area (Å²) in [4.78, 5) is 5.41. The summed E-state index contributed by atoms with van der Waals surface area (Å²) in [6, 6.07) is 7.83. The molecule has 0 spiro atoms. The van der Waals surface area contributed by atoms with Gasteiger partial charge < -0.3 is 9.84 Å². The van der Waals surface area contributed by atoms with E-state index in [-0.39, 0.29) is 6.61 Å². The smallest absolute Gasteiger partial charge is 0.175 e. The number of sulfone groups is 1. The van der Waals surface area contributed by atoms with Crippen LogP contribution in [0.15, 0.2) is 29.2 Å². The lowest BCUT2D eigenvalue weighted by Gasteiger charge is -2.45. The Balaban J connectivity index is 1.62. The quantitative estimate of drug-likeness (QED) is 0.751. The third kappa shape index (κ3) is 5.74. The molecule has 1 aromatic carbocycles. The van der Waals surface area contributed by atoms with Crippen molar-refractivity contribution in [1.29, 1.82) is 0 Å². The maximum absolute atomic E-state index is 11.6. The Bertz CT molecular complexity index is 686. The molecule has 2 atom stereocenters. The molecular weight excluding hydrogens is 364 g/mol. The highest BCUT2D eigenvalue weighted by molar-refractivity contribution is 7.90. The second-order valence-corrected chi connectivity index (χ2v) is 9.80. The normalized spacial score (nSPS) is 25.6. The number of hydrogen-bond donors (Lipinski definition) is 1. The SMILES string of the molecule is CS(=O)(=O)c1ccc(CN2CC[C@H](N3CCOCC3)[C@H](CCCO)C2)cc1. The van der Waals surface area contributed by atoms with Crippen LogP contribution in [0.5, 0.6) is 0 Å². The van der Waals surface area contributed by atoms with Crippen LogP contribution in [0.4, 0.5) is 0 Å². The summed E-state index contributed by atoms with van der Waals surface area (Å²) >= 11 is 0. The Kier molecular flexibility index (Phi) is 7.28. The molecular formula is C20H32N2O4S. The molecule has 2 aliphatic heterocycles. The van der Waals surface area contributed by atoms with Crippen molar-refractivity contribution in [3.8, 4) is 0 Å². The number of likely N-dealkylation sites (tertiary alicyclic amines) is 1. The van der Waals surface area contributed by atoms with Gasteiger partial charge in [-0.15, -0.1) is 0 Å². The maximum atomic E-state index is 11.6. The number of morpholine rings is 1. The second-order valence-electron chi connectivity index (χ2n) is 7.78. The number of piperidine rings is 1. The van der Waals surface area contributed by atoms with Crippen LogP contribution < -0.4 is 0 Å². The molecule has 7 heteroatoms. The predicted octanol–water partition coefficient (Wildman–Crippen LogP) is 1.39. The first kappa shape index (κ1) is 20.7. The highest BCUT2D eigenvalue weighted by Crippen LogP contribution is 2.28. The minimum absolute atomic E-state index is 0.249. The van der Waals surface area contributed by atoms with Gasteiger partial charge in [0, 0.05) is 45.1 Å². The van der Waals surface area contributed by atoms with Crippen LogP contribution >= 0.6 is 0 Å². The fraction of sp³-hybridized carbons (Fsp3) is 0.700. The zero-order chi connectivity index (χ0) is 19.3. The van der Waals surface area contributed by atoms with Crippen LogP contribution in [-0.4, -0.2) is 81.6 Å². The third-order valence-corrected chi connectivity index (χ3v) is 6.91. The van der Waals surface area contributed by atoms with Gasteiger partial charge in [0.15, 0.2) is 9.84 Å². The second kappa shape index (κ2) is 9.47. The zero-order valence-corrected chi connectivity index (χ0v) is 17.0. The molecule has 3 rings (SSSR count). The summed E-state index contributed by atoms with van der Waals surface area (Å²) in [5.74, 6) is 0.555. The van der Waals surface area contributed by atoms with Gasteiger partial charge in [0.05, 0.1) is 18.1 Å². The summed E-state index contributed by atoms with van der Waals surface area (Å²) in [6.45, 7) is 6.82. The van der Waals surface area contributed by atoms with E-state index in [4.69, 9.17) is 4.74 Å². The van der Waals surface area contributed by atoms with Gasteiger partial charge in [-0.1, -0.05) is 12.1 Å². The first-order valence-electron chi connectivity index (χ1n) is 9.91. The van der Waals surface area contributed by atoms with Crippen LogP contribution in [0.1, 0.15) is 24.8 Å². The molecule has 0 radical (unpaired) electrons. The monoisotopic (exact) mass is 396 g/mol. The summed E-state index contributed by atoms with van der Waals surface area (Å²) in [6.07, 6.45) is 4.27. The maximum Gasteiger partial charge on any atom is 0.175 e. The Morgan fingerprint density at radius 3 is 2.48 bits per heavy atom. The molecule has 0 aromatic heterocycles. The molecule has 2 fully saturated rings. The molecule has 6 nitrogen and oxygen atoms in total. The van der Waals surface area contributed by atoms with Gasteiger partial charge in [-0.3, -0.25) is 9.80 Å². The van der Waals surface area contributed by atoms with Gasteiger partial charge in [-0.25, -0.2) is 8.42 Å². The predicted molar refractivity (Wildman–Crippen MR) is 105 cm³/mol. The van der Waals surface area contributed by atoms with Crippen LogP contribution in [0, 0.1) is 5.92 Å². The van der Waals surface area contributed by atoms with Crippen molar-refractivity contribution in [2.45, 2.75) is 36.7 Å². The van der Waals surface area contributed by atoms with Gasteiger partial charge in [-0.2, -0.15) is 0 Å². The molecule has 0 bridgehead atoms. The lowest BCUT2D eigenvalue weighted by atomic mass is 9.86. The van der Waals surface area contributed by atoms with Gasteiger partial charge in [0.25, 0.3) is 0 Å². The molecule has 1 aromatic rings. The lowest BCUT2D eigenvalue weighted by Crippen LogP contribution is -2.53. The molecule has 2 aliphatic rings. The van der Waals surface area contributed by atoms with Crippen LogP contribution in [0.25, 0.3) is 0 Å². The van der Waals surface area contributed by atoms with Crippen molar-refractivity contribution < 1.29 is 18.3 Å². The first-order valence-corrected chi connectivity index (χ1v) is 11.8. The van der Waals surface area contributed by atoms with Crippen LogP contribution in [0.3, 0.4) is 0 Å². The highest BCUT2D eigenvalue weighted by Gasteiger charge is 2.33. The minimum Gasteiger partial charge on any atom is -0.396 e. The van der Waals surface area contributed by atoms with E-state index in [0.717, 1.165) is 70.8 Å². The Morgan fingerprint density at radius 2 is 1.85 bits per heavy atom. The van der Waals surface area contributed by atoms with E-state index in [2.05, 4.69) is 9.80 Å². The topological polar surface area (TPSA) is 70.1 Å². The Labute approximate surface area is 163 Å². The van der Waals surface area contributed by atoms with E-state index in [1.54, 1.807) is 12.1 Å². The van der Waals surface area contributed by atoms with Crippen LogP contribution in [0.2, 0.25) is 0 Å². The van der Waals surface area contributed by atoms with E-state index in [0.29, 0.717) is 16.9 Å². The van der Waals surface area contributed by atoms with E-state index in [9.17, 15) is 13.5 Å². The molecule has 0 aliphatic carbocycles. The average Bonchev–Trinajstić information content (AvgIpc) is 2.67. The van der Waals surface area contributed by atoms with E-state index >= 15 is 0 Å². The molecule has 1 N–H and O–H groups in total. The van der Waals surface area contributed by atoms with Crippen molar-refractivity contribution in [1.82, 2.24) is 9.80 Å². The first-order chi connectivity index (χ1) is 13.0. The summed E-state index contributed by atoms with van der Waals surface area (Å²) < 4.78 is 28.7. The molecule has 2 heterocycles. The average molecular weight is 397 g/mol. The molecule has 152 valence electrons. The van der Waals surface area contributed by atoms with Crippen molar-refractivity contribution in [3.63, 3.8) is 0 Å². The van der Waals surface area contributed by atoms with E-state index in [1.807, 2.05) is 12.1 Å². The van der Waals surface area contributed by atoms with Gasteiger partial charge in [0.2, 0.25) is 0 Å². The molecule has 0 amide bonds. The largest absolute Gasteiger partial charge is 0.396 e. The van der Waals surface area contributed by atoms with Gasteiger partial charge in [0.1, 0.15) is 0 Å². The number of aliphatic hydroxyl groups excluding tert-OH is 1. The van der Waals surface area contributed by atoms with Crippen molar-refractivity contribution in [2.75, 3.05) is 52.3 Å². The minimum atomic E-state index is -3.14. The highest BCUT2D eigenvalue weighted by atomic mass is 32.2.